The van der Waals surface area contributed by atoms with Crippen molar-refractivity contribution in [2.45, 2.75) is 0 Å². The van der Waals surface area contributed by atoms with Crippen LogP contribution < -0.4 is 5.73 Å². The summed E-state index contributed by atoms with van der Waals surface area (Å²) in [5.74, 6) is -0.570. The number of nitrogens with zero attached hydrogens (tertiary/aromatic N) is 3. The molecule has 12 heavy (non-hydrogen) atoms. The Morgan fingerprint density at radius 1 is 1.50 bits per heavy atom. The molecule has 0 saturated heterocycles. The average Bonchev–Trinajstić information content (AvgIpc) is 2.49. The third kappa shape index (κ3) is 0.895. The van der Waals surface area contributed by atoms with Crippen LogP contribution in [-0.2, 0) is 0 Å². The molecule has 6 nitrogen and oxygen atoms in total. The lowest BCUT2D eigenvalue weighted by atomic mass is 10.3. The molecule has 2 rings (SSSR count). The van der Waals surface area contributed by atoms with E-state index in [1.165, 1.54) is 6.07 Å². The maximum Gasteiger partial charge on any atom is 0.267 e. The Kier molecular flexibility index (Phi) is 1.26. The molecular weight excluding hydrogens is 158 g/mol. The predicted octanol–water partition coefficient (Wildman–Crippen LogP) is -0.548. The van der Waals surface area contributed by atoms with Crippen molar-refractivity contribution in [2.24, 2.45) is 5.73 Å². The van der Waals surface area contributed by atoms with Gasteiger partial charge in [-0.2, -0.15) is 0 Å². The lowest BCUT2D eigenvalue weighted by Gasteiger charge is -1.91. The fraction of sp³-hybridized carbons (Fsp3) is 0. The highest BCUT2D eigenvalue weighted by atomic mass is 16.1. The smallest absolute Gasteiger partial charge is 0.267 e. The zero-order chi connectivity index (χ0) is 8.55. The Hall–Kier alpha value is -1.98. The minimum atomic E-state index is -0.570. The molecule has 2 aromatic heterocycles. The number of nitrogens with two attached hydrogens (primary N) is 1. The minimum Gasteiger partial charge on any atom is -0.364 e. The largest absolute Gasteiger partial charge is 0.364 e. The molecule has 0 saturated carbocycles. The lowest BCUT2D eigenvalue weighted by Crippen LogP contribution is -2.12. The second kappa shape index (κ2) is 2.26. The third-order valence-corrected chi connectivity index (χ3v) is 1.44. The number of nitrogens with one attached hydrogen (secondary N) is 1. The van der Waals surface area contributed by atoms with Gasteiger partial charge in [0.25, 0.3) is 5.91 Å². The molecule has 0 aliphatic heterocycles. The number of primary amides is 1. The van der Waals surface area contributed by atoms with Crippen LogP contribution >= 0.6 is 0 Å². The number of pyridine rings is 1. The number of hydrogen-bond donors (Lipinski definition) is 2. The summed E-state index contributed by atoms with van der Waals surface area (Å²) in [7, 11) is 0. The summed E-state index contributed by atoms with van der Waals surface area (Å²) < 4.78 is 0. The fourth-order valence-electron chi connectivity index (χ4n) is 0.875. The number of carbonyl (C=O) groups is 1. The molecule has 0 radical (unpaired) electrons. The molecule has 0 unspecified atom stereocenters. The number of H-pyrrole nitrogens is 1. The molecule has 0 atom stereocenters. The second-order valence-electron chi connectivity index (χ2n) is 2.24. The number of fused-ring (bicyclic) bond motifs is 1. The van der Waals surface area contributed by atoms with E-state index < -0.39 is 5.91 Å². The van der Waals surface area contributed by atoms with Gasteiger partial charge in [0.15, 0.2) is 0 Å². The first-order valence-electron chi connectivity index (χ1n) is 3.25. The molecule has 3 N–H and O–H groups in total. The molecule has 0 aromatic carbocycles. The van der Waals surface area contributed by atoms with E-state index in [9.17, 15) is 4.79 Å². The molecule has 6 heteroatoms. The number of aromatic amines is 1. The highest BCUT2D eigenvalue weighted by Gasteiger charge is 2.04. The van der Waals surface area contributed by atoms with Crippen molar-refractivity contribution in [1.82, 2.24) is 20.4 Å². The lowest BCUT2D eigenvalue weighted by molar-refractivity contribution is 0.0996. The first kappa shape index (κ1) is 6.71. The van der Waals surface area contributed by atoms with Gasteiger partial charge in [-0.15, -0.1) is 5.10 Å². The summed E-state index contributed by atoms with van der Waals surface area (Å²) >= 11 is 0. The maximum atomic E-state index is 10.7. The molecule has 0 spiro atoms. The molecule has 0 aliphatic carbocycles. The van der Waals surface area contributed by atoms with Gasteiger partial charge in [0, 0.05) is 0 Å². The van der Waals surface area contributed by atoms with Crippen LogP contribution in [0.2, 0.25) is 0 Å². The van der Waals surface area contributed by atoms with Crippen molar-refractivity contribution in [3.8, 4) is 0 Å². The Morgan fingerprint density at radius 3 is 3.08 bits per heavy atom. The van der Waals surface area contributed by atoms with Gasteiger partial charge >= 0.3 is 0 Å². The molecule has 0 aliphatic rings. The molecule has 2 heterocycles. The van der Waals surface area contributed by atoms with Crippen LogP contribution in [0.1, 0.15) is 10.5 Å². The van der Waals surface area contributed by atoms with Crippen LogP contribution in [0, 0.1) is 0 Å². The van der Waals surface area contributed by atoms with E-state index in [4.69, 9.17) is 5.73 Å². The number of aromatic nitrogens is 4. The Labute approximate surface area is 66.8 Å². The first-order valence-corrected chi connectivity index (χ1v) is 3.25. The van der Waals surface area contributed by atoms with Crippen molar-refractivity contribution in [2.75, 3.05) is 0 Å². The second-order valence-corrected chi connectivity index (χ2v) is 2.24. The van der Waals surface area contributed by atoms with Gasteiger partial charge in [0.1, 0.15) is 11.2 Å². The van der Waals surface area contributed by atoms with Gasteiger partial charge in [0.05, 0.1) is 0 Å². The third-order valence-electron chi connectivity index (χ3n) is 1.44. The summed E-state index contributed by atoms with van der Waals surface area (Å²) in [6, 6.07) is 3.17. The van der Waals surface area contributed by atoms with Gasteiger partial charge < -0.3 is 5.73 Å². The van der Waals surface area contributed by atoms with Crippen LogP contribution in [-0.4, -0.2) is 26.3 Å². The number of rotatable bonds is 1. The van der Waals surface area contributed by atoms with Gasteiger partial charge in [-0.05, 0) is 12.1 Å². The van der Waals surface area contributed by atoms with E-state index >= 15 is 0 Å². The monoisotopic (exact) mass is 163 g/mol. The average molecular weight is 163 g/mol. The van der Waals surface area contributed by atoms with Gasteiger partial charge in [-0.25, -0.2) is 4.98 Å². The first-order chi connectivity index (χ1) is 5.77. The van der Waals surface area contributed by atoms with Crippen LogP contribution in [0.3, 0.4) is 0 Å². The summed E-state index contributed by atoms with van der Waals surface area (Å²) in [5, 5.41) is 9.76. The Balaban J connectivity index is 2.68. The fourth-order valence-corrected chi connectivity index (χ4v) is 0.875. The molecule has 60 valence electrons. The van der Waals surface area contributed by atoms with Crippen molar-refractivity contribution >= 4 is 17.1 Å². The molecule has 2 aromatic rings. The van der Waals surface area contributed by atoms with E-state index in [-0.39, 0.29) is 5.69 Å². The van der Waals surface area contributed by atoms with E-state index in [1.54, 1.807) is 6.07 Å². The van der Waals surface area contributed by atoms with Gasteiger partial charge in [-0.1, -0.05) is 5.21 Å². The zero-order valence-electron chi connectivity index (χ0n) is 5.98. The van der Waals surface area contributed by atoms with E-state index in [0.29, 0.717) is 11.2 Å². The topological polar surface area (TPSA) is 97.6 Å². The number of carbonyl (C=O) groups excluding carboxylic acids is 1. The van der Waals surface area contributed by atoms with Crippen molar-refractivity contribution in [1.29, 1.82) is 0 Å². The summed E-state index contributed by atoms with van der Waals surface area (Å²) in [6.07, 6.45) is 0. The van der Waals surface area contributed by atoms with Gasteiger partial charge in [0.2, 0.25) is 5.65 Å². The normalized spacial score (nSPS) is 10.3. The Bertz CT molecular complexity index is 434. The van der Waals surface area contributed by atoms with E-state index in [2.05, 4.69) is 20.4 Å². The molecule has 0 bridgehead atoms. The maximum absolute atomic E-state index is 10.7. The van der Waals surface area contributed by atoms with E-state index in [1.807, 2.05) is 0 Å². The highest BCUT2D eigenvalue weighted by molar-refractivity contribution is 5.92. The van der Waals surface area contributed by atoms with E-state index in [0.717, 1.165) is 0 Å². The van der Waals surface area contributed by atoms with Crippen molar-refractivity contribution in [3.63, 3.8) is 0 Å². The van der Waals surface area contributed by atoms with Crippen LogP contribution in [0.15, 0.2) is 12.1 Å². The summed E-state index contributed by atoms with van der Waals surface area (Å²) in [5.41, 5.74) is 6.28. The summed E-state index contributed by atoms with van der Waals surface area (Å²) in [6.45, 7) is 0. The van der Waals surface area contributed by atoms with Crippen LogP contribution in [0.5, 0.6) is 0 Å². The number of amides is 1. The SMILES string of the molecule is NC(=O)c1ccc2[nH]nnc2n1. The highest BCUT2D eigenvalue weighted by Crippen LogP contribution is 2.04. The zero-order valence-corrected chi connectivity index (χ0v) is 5.98. The van der Waals surface area contributed by atoms with Crippen LogP contribution in [0.4, 0.5) is 0 Å². The quantitative estimate of drug-likeness (QED) is 0.589. The van der Waals surface area contributed by atoms with Gasteiger partial charge in [-0.3, -0.25) is 9.89 Å². The standard InChI is InChI=1S/C6H5N5O/c7-5(12)3-1-2-4-6(8-3)10-11-9-4/h1-2H,(H2,7,12)(H,8,9,10,11). The predicted molar refractivity (Wildman–Crippen MR) is 40.2 cm³/mol. The van der Waals surface area contributed by atoms with Crippen molar-refractivity contribution < 1.29 is 4.79 Å². The Morgan fingerprint density at radius 2 is 2.33 bits per heavy atom. The minimum absolute atomic E-state index is 0.191. The molecular formula is C6H5N5O. The van der Waals surface area contributed by atoms with Crippen molar-refractivity contribution in [3.05, 3.63) is 17.8 Å². The molecule has 0 fully saturated rings. The molecule has 1 amide bonds. The van der Waals surface area contributed by atoms with Crippen LogP contribution in [0.25, 0.3) is 11.2 Å². The summed E-state index contributed by atoms with van der Waals surface area (Å²) in [4.78, 5) is 14.5. The number of hydrogen-bond acceptors (Lipinski definition) is 4.